The van der Waals surface area contributed by atoms with E-state index >= 15 is 0 Å². The van der Waals surface area contributed by atoms with Gasteiger partial charge >= 0.3 is 5.97 Å². The molecule has 1 amide bonds. The zero-order valence-electron chi connectivity index (χ0n) is 11.7. The monoisotopic (exact) mass is 278 g/mol. The SMILES string of the molecule is COC1CC(NC(=O)c2ccc(C(=O)O)nc2)C1(C)C. The van der Waals surface area contributed by atoms with Gasteiger partial charge in [-0.3, -0.25) is 4.79 Å². The normalized spacial score (nSPS) is 23.8. The predicted molar refractivity (Wildman–Crippen MR) is 71.6 cm³/mol. The molecule has 1 heterocycles. The van der Waals surface area contributed by atoms with Gasteiger partial charge in [-0.05, 0) is 18.6 Å². The van der Waals surface area contributed by atoms with Crippen LogP contribution in [-0.2, 0) is 4.74 Å². The summed E-state index contributed by atoms with van der Waals surface area (Å²) in [6, 6.07) is 2.82. The lowest BCUT2D eigenvalue weighted by Crippen LogP contribution is -2.61. The third-order valence-corrected chi connectivity index (χ3v) is 4.01. The van der Waals surface area contributed by atoms with Gasteiger partial charge in [-0.1, -0.05) is 13.8 Å². The number of aromatic carboxylic acids is 1. The minimum Gasteiger partial charge on any atom is -0.477 e. The molecular formula is C14H18N2O4. The summed E-state index contributed by atoms with van der Waals surface area (Å²) in [5.74, 6) is -1.36. The number of ether oxygens (including phenoxy) is 1. The Morgan fingerprint density at radius 1 is 1.45 bits per heavy atom. The molecule has 108 valence electrons. The van der Waals surface area contributed by atoms with Crippen molar-refractivity contribution in [2.75, 3.05) is 7.11 Å². The lowest BCUT2D eigenvalue weighted by atomic mass is 9.64. The Kier molecular flexibility index (Phi) is 3.76. The van der Waals surface area contributed by atoms with E-state index in [1.807, 2.05) is 13.8 Å². The van der Waals surface area contributed by atoms with Crippen molar-refractivity contribution in [1.29, 1.82) is 0 Å². The number of nitrogens with one attached hydrogen (secondary N) is 1. The number of hydrogen-bond donors (Lipinski definition) is 2. The fourth-order valence-corrected chi connectivity index (χ4v) is 2.43. The number of carbonyl (C=O) groups excluding carboxylic acids is 1. The van der Waals surface area contributed by atoms with E-state index in [1.54, 1.807) is 7.11 Å². The number of carboxylic acid groups (broad SMARTS) is 1. The molecule has 1 aromatic heterocycles. The van der Waals surface area contributed by atoms with Crippen LogP contribution in [0.1, 0.15) is 41.1 Å². The third kappa shape index (κ3) is 2.51. The molecule has 1 aliphatic rings. The average Bonchev–Trinajstić information content (AvgIpc) is 2.42. The molecule has 6 nitrogen and oxygen atoms in total. The van der Waals surface area contributed by atoms with Crippen molar-refractivity contribution in [2.24, 2.45) is 5.41 Å². The van der Waals surface area contributed by atoms with E-state index in [4.69, 9.17) is 9.84 Å². The maximum Gasteiger partial charge on any atom is 0.354 e. The second-order valence-corrected chi connectivity index (χ2v) is 5.54. The summed E-state index contributed by atoms with van der Waals surface area (Å²) in [6.07, 6.45) is 2.19. The van der Waals surface area contributed by atoms with Crippen LogP contribution in [0.25, 0.3) is 0 Å². The van der Waals surface area contributed by atoms with Gasteiger partial charge in [0.05, 0.1) is 11.7 Å². The lowest BCUT2D eigenvalue weighted by Gasteiger charge is -2.51. The van der Waals surface area contributed by atoms with E-state index in [1.165, 1.54) is 18.3 Å². The Morgan fingerprint density at radius 2 is 2.15 bits per heavy atom. The van der Waals surface area contributed by atoms with Crippen LogP contribution < -0.4 is 5.32 Å². The third-order valence-electron chi connectivity index (χ3n) is 4.01. The van der Waals surface area contributed by atoms with Gasteiger partial charge in [-0.2, -0.15) is 0 Å². The molecule has 0 aromatic carbocycles. The second-order valence-electron chi connectivity index (χ2n) is 5.54. The van der Waals surface area contributed by atoms with E-state index in [0.29, 0.717) is 5.56 Å². The number of amides is 1. The number of aromatic nitrogens is 1. The van der Waals surface area contributed by atoms with E-state index in [9.17, 15) is 9.59 Å². The van der Waals surface area contributed by atoms with Crippen LogP contribution in [0.15, 0.2) is 18.3 Å². The molecule has 0 saturated heterocycles. The summed E-state index contributed by atoms with van der Waals surface area (Å²) in [6.45, 7) is 4.09. The Labute approximate surface area is 117 Å². The average molecular weight is 278 g/mol. The van der Waals surface area contributed by atoms with Crippen LogP contribution in [0.2, 0.25) is 0 Å². The van der Waals surface area contributed by atoms with Gasteiger partial charge in [0, 0.05) is 24.8 Å². The molecule has 1 aliphatic carbocycles. The van der Waals surface area contributed by atoms with Crippen LogP contribution in [-0.4, -0.2) is 41.2 Å². The summed E-state index contributed by atoms with van der Waals surface area (Å²) < 4.78 is 5.33. The molecule has 0 aliphatic heterocycles. The molecule has 20 heavy (non-hydrogen) atoms. The number of methoxy groups -OCH3 is 1. The summed E-state index contributed by atoms with van der Waals surface area (Å²) in [7, 11) is 1.67. The van der Waals surface area contributed by atoms with Crippen molar-refractivity contribution >= 4 is 11.9 Å². The van der Waals surface area contributed by atoms with Gasteiger partial charge in [-0.25, -0.2) is 9.78 Å². The number of hydrogen-bond acceptors (Lipinski definition) is 4. The summed E-state index contributed by atoms with van der Waals surface area (Å²) in [4.78, 5) is 26.5. The summed E-state index contributed by atoms with van der Waals surface area (Å²) >= 11 is 0. The number of carbonyl (C=O) groups is 2. The minimum absolute atomic E-state index is 0.0408. The van der Waals surface area contributed by atoms with Crippen molar-refractivity contribution in [3.63, 3.8) is 0 Å². The standard InChI is InChI=1S/C14H18N2O4/c1-14(2)10(6-11(14)20-3)16-12(17)8-4-5-9(13(18)19)15-7-8/h4-5,7,10-11H,6H2,1-3H3,(H,16,17)(H,18,19). The van der Waals surface area contributed by atoms with Crippen molar-refractivity contribution < 1.29 is 19.4 Å². The van der Waals surface area contributed by atoms with Crippen LogP contribution >= 0.6 is 0 Å². The lowest BCUT2D eigenvalue weighted by molar-refractivity contribution is -0.0942. The number of pyridine rings is 1. The molecule has 1 aromatic rings. The Balaban J connectivity index is 2.01. The quantitative estimate of drug-likeness (QED) is 0.867. The first-order chi connectivity index (χ1) is 9.36. The molecule has 1 fully saturated rings. The first-order valence-corrected chi connectivity index (χ1v) is 6.39. The fourth-order valence-electron chi connectivity index (χ4n) is 2.43. The first-order valence-electron chi connectivity index (χ1n) is 6.39. The number of nitrogens with zero attached hydrogens (tertiary/aromatic N) is 1. The van der Waals surface area contributed by atoms with Crippen LogP contribution in [0.4, 0.5) is 0 Å². The zero-order valence-corrected chi connectivity index (χ0v) is 11.7. The molecular weight excluding hydrogens is 260 g/mol. The van der Waals surface area contributed by atoms with Gasteiger partial charge in [0.15, 0.2) is 0 Å². The maximum absolute atomic E-state index is 12.1. The second kappa shape index (κ2) is 5.20. The van der Waals surface area contributed by atoms with E-state index in [-0.39, 0.29) is 29.2 Å². The Hall–Kier alpha value is -1.95. The molecule has 6 heteroatoms. The van der Waals surface area contributed by atoms with Gasteiger partial charge in [-0.15, -0.1) is 0 Å². The van der Waals surface area contributed by atoms with Crippen LogP contribution in [0.5, 0.6) is 0 Å². The highest BCUT2D eigenvalue weighted by Gasteiger charge is 2.49. The van der Waals surface area contributed by atoms with Gasteiger partial charge in [0.25, 0.3) is 5.91 Å². The maximum atomic E-state index is 12.1. The van der Waals surface area contributed by atoms with E-state index in [2.05, 4.69) is 10.3 Å². The van der Waals surface area contributed by atoms with E-state index in [0.717, 1.165) is 6.42 Å². The van der Waals surface area contributed by atoms with Crippen LogP contribution in [0.3, 0.4) is 0 Å². The van der Waals surface area contributed by atoms with Gasteiger partial charge in [0.2, 0.25) is 0 Å². The molecule has 1 saturated carbocycles. The summed E-state index contributed by atoms with van der Waals surface area (Å²) in [5, 5.41) is 11.7. The number of carboxylic acids is 1. The summed E-state index contributed by atoms with van der Waals surface area (Å²) in [5.41, 5.74) is 0.162. The van der Waals surface area contributed by atoms with Crippen molar-refractivity contribution in [2.45, 2.75) is 32.4 Å². The van der Waals surface area contributed by atoms with Crippen molar-refractivity contribution in [3.05, 3.63) is 29.6 Å². The van der Waals surface area contributed by atoms with Crippen molar-refractivity contribution in [3.8, 4) is 0 Å². The topological polar surface area (TPSA) is 88.5 Å². The molecule has 2 rings (SSSR count). The molecule has 0 radical (unpaired) electrons. The van der Waals surface area contributed by atoms with Gasteiger partial charge < -0.3 is 15.2 Å². The Bertz CT molecular complexity index is 524. The van der Waals surface area contributed by atoms with Crippen molar-refractivity contribution in [1.82, 2.24) is 10.3 Å². The highest BCUT2D eigenvalue weighted by Crippen LogP contribution is 2.42. The number of rotatable bonds is 4. The van der Waals surface area contributed by atoms with Gasteiger partial charge in [0.1, 0.15) is 5.69 Å². The highest BCUT2D eigenvalue weighted by molar-refractivity contribution is 5.95. The zero-order chi connectivity index (χ0) is 14.9. The smallest absolute Gasteiger partial charge is 0.354 e. The molecule has 0 bridgehead atoms. The molecule has 2 N–H and O–H groups in total. The first kappa shape index (κ1) is 14.5. The van der Waals surface area contributed by atoms with Crippen LogP contribution in [0, 0.1) is 5.41 Å². The largest absolute Gasteiger partial charge is 0.477 e. The van der Waals surface area contributed by atoms with E-state index < -0.39 is 5.97 Å². The highest BCUT2D eigenvalue weighted by atomic mass is 16.5. The molecule has 0 spiro atoms. The fraction of sp³-hybridized carbons (Fsp3) is 0.500. The predicted octanol–water partition coefficient (Wildman–Crippen LogP) is 1.32. The Morgan fingerprint density at radius 3 is 2.60 bits per heavy atom. The minimum atomic E-state index is -1.11. The molecule has 2 unspecified atom stereocenters. The molecule has 2 atom stereocenters.